The first-order valence-electron chi connectivity index (χ1n) is 2.50. The molecule has 0 fully saturated rings. The largest absolute Gasteiger partial charge is 0.759 e. The Balaban J connectivity index is 2.36. The van der Waals surface area contributed by atoms with E-state index in [1.54, 1.807) is 6.20 Å². The molecule has 0 N–H and O–H groups in total. The minimum absolute atomic E-state index is 0.677. The van der Waals surface area contributed by atoms with Gasteiger partial charge in [-0.15, -0.1) is 0 Å². The third-order valence-corrected chi connectivity index (χ3v) is 1.02. The maximum Gasteiger partial charge on any atom is 0.00546 e. The predicted molar refractivity (Wildman–Crippen MR) is 28.4 cm³/mol. The van der Waals surface area contributed by atoms with E-state index < -0.39 is 0 Å². The highest BCUT2D eigenvalue weighted by Gasteiger charge is 1.89. The Hall–Kier alpha value is -0.500. The third kappa shape index (κ3) is 1.20. The number of hydrogen-bond acceptors (Lipinski definition) is 2. The number of rotatable bonds is 0. The predicted octanol–water partition coefficient (Wildman–Crippen LogP) is 1.09. The van der Waals surface area contributed by atoms with E-state index in [0.717, 1.165) is 17.9 Å². The van der Waals surface area contributed by atoms with Crippen molar-refractivity contribution in [2.24, 2.45) is 0 Å². The minimum Gasteiger partial charge on any atom is -0.759 e. The fourth-order valence-corrected chi connectivity index (χ4v) is 0.632. The molecule has 0 saturated heterocycles. The van der Waals surface area contributed by atoms with E-state index in [9.17, 15) is 5.21 Å². The highest BCUT2D eigenvalue weighted by Crippen LogP contribution is 2.01. The van der Waals surface area contributed by atoms with Gasteiger partial charge in [-0.05, 0) is 19.0 Å². The average Bonchev–Trinajstić information content (AvgIpc) is 1.69. The summed E-state index contributed by atoms with van der Waals surface area (Å²) in [6.07, 6.45) is 5.57. The summed E-state index contributed by atoms with van der Waals surface area (Å²) < 4.78 is 0. The van der Waals surface area contributed by atoms with Gasteiger partial charge < -0.3 is 10.3 Å². The van der Waals surface area contributed by atoms with E-state index >= 15 is 0 Å². The smallest absolute Gasteiger partial charge is 0.00546 e. The summed E-state index contributed by atoms with van der Waals surface area (Å²) >= 11 is 0. The van der Waals surface area contributed by atoms with E-state index in [2.05, 4.69) is 0 Å². The third-order valence-electron chi connectivity index (χ3n) is 1.02. The van der Waals surface area contributed by atoms with Gasteiger partial charge in [-0.2, -0.15) is 0 Å². The van der Waals surface area contributed by atoms with Gasteiger partial charge in [-0.25, -0.2) is 0 Å². The topological polar surface area (TPSA) is 26.3 Å². The van der Waals surface area contributed by atoms with Crippen LogP contribution in [0.3, 0.4) is 0 Å². The molecule has 2 heteroatoms. The molecule has 0 saturated carbocycles. The first-order chi connectivity index (χ1) is 3.39. The molecule has 0 spiro atoms. The van der Waals surface area contributed by atoms with Crippen LogP contribution in [0, 0.1) is 5.21 Å². The Morgan fingerprint density at radius 1 is 1.57 bits per heavy atom. The summed E-state index contributed by atoms with van der Waals surface area (Å²) in [4.78, 5) is 0. The molecule has 0 aromatic heterocycles. The van der Waals surface area contributed by atoms with Gasteiger partial charge in [0, 0.05) is 6.54 Å². The molecule has 1 heterocycles. The molecule has 1 aliphatic heterocycles. The maximum atomic E-state index is 10.3. The van der Waals surface area contributed by atoms with Crippen molar-refractivity contribution in [1.29, 1.82) is 0 Å². The summed E-state index contributed by atoms with van der Waals surface area (Å²) in [7, 11) is 0. The number of hydroxylamine groups is 2. The van der Waals surface area contributed by atoms with Crippen LogP contribution in [0.5, 0.6) is 0 Å². The monoisotopic (exact) mass is 98.1 g/mol. The number of nitrogens with zero attached hydrogens (tertiary/aromatic N) is 1. The van der Waals surface area contributed by atoms with Crippen LogP contribution in [-0.4, -0.2) is 11.6 Å². The van der Waals surface area contributed by atoms with Gasteiger partial charge in [0.25, 0.3) is 0 Å². The van der Waals surface area contributed by atoms with Crippen LogP contribution in [0.1, 0.15) is 12.8 Å². The first kappa shape index (κ1) is 4.65. The van der Waals surface area contributed by atoms with Gasteiger partial charge in [0.1, 0.15) is 0 Å². The number of allylic oxidation sites excluding steroid dienone is 1. The molecular weight excluding hydrogens is 90.1 g/mol. The van der Waals surface area contributed by atoms with Crippen molar-refractivity contribution in [2.75, 3.05) is 6.54 Å². The van der Waals surface area contributed by atoms with E-state index in [1.165, 1.54) is 0 Å². The van der Waals surface area contributed by atoms with Crippen LogP contribution < -0.4 is 0 Å². The summed E-state index contributed by atoms with van der Waals surface area (Å²) in [5.74, 6) is 0. The molecule has 0 atom stereocenters. The molecule has 0 aliphatic carbocycles. The van der Waals surface area contributed by atoms with Gasteiger partial charge in [-0.1, -0.05) is 6.08 Å². The van der Waals surface area contributed by atoms with Crippen molar-refractivity contribution in [3.63, 3.8) is 0 Å². The van der Waals surface area contributed by atoms with Crippen molar-refractivity contribution in [3.05, 3.63) is 17.5 Å². The lowest BCUT2D eigenvalue weighted by Gasteiger charge is -2.28. The Kier molecular flexibility index (Phi) is 1.32. The molecule has 0 aromatic carbocycles. The zero-order valence-electron chi connectivity index (χ0n) is 4.13. The lowest BCUT2D eigenvalue weighted by Crippen LogP contribution is -2.12. The Bertz CT molecular complexity index is 80.1. The Labute approximate surface area is 43.0 Å². The Morgan fingerprint density at radius 2 is 2.43 bits per heavy atom. The fourth-order valence-electron chi connectivity index (χ4n) is 0.632. The lowest BCUT2D eigenvalue weighted by molar-refractivity contribution is 0.470. The van der Waals surface area contributed by atoms with Crippen molar-refractivity contribution < 1.29 is 0 Å². The van der Waals surface area contributed by atoms with Crippen LogP contribution >= 0.6 is 0 Å². The van der Waals surface area contributed by atoms with Crippen LogP contribution in [0.25, 0.3) is 0 Å². The van der Waals surface area contributed by atoms with Crippen LogP contribution in [0.4, 0.5) is 0 Å². The van der Waals surface area contributed by atoms with Crippen molar-refractivity contribution in [1.82, 2.24) is 5.06 Å². The molecule has 0 bridgehead atoms. The molecular formula is C5H8NO-. The molecule has 2 nitrogen and oxygen atoms in total. The maximum absolute atomic E-state index is 10.3. The fraction of sp³-hybridized carbons (Fsp3) is 0.600. The highest BCUT2D eigenvalue weighted by molar-refractivity contribution is 4.87. The van der Waals surface area contributed by atoms with Gasteiger partial charge in [0.05, 0.1) is 0 Å². The zero-order valence-corrected chi connectivity index (χ0v) is 4.13. The molecule has 1 rings (SSSR count). The van der Waals surface area contributed by atoms with E-state index in [4.69, 9.17) is 0 Å². The summed E-state index contributed by atoms with van der Waals surface area (Å²) in [6, 6.07) is 0. The SMILES string of the molecule is [O-]N1C=CCCC1. The zero-order chi connectivity index (χ0) is 5.11. The highest BCUT2D eigenvalue weighted by atomic mass is 16.5. The summed E-state index contributed by atoms with van der Waals surface area (Å²) in [6.45, 7) is 0.677. The molecule has 1 aliphatic rings. The van der Waals surface area contributed by atoms with Gasteiger partial charge in [-0.3, -0.25) is 0 Å². The second kappa shape index (κ2) is 1.98. The van der Waals surface area contributed by atoms with Crippen molar-refractivity contribution in [2.45, 2.75) is 12.8 Å². The van der Waals surface area contributed by atoms with E-state index in [1.807, 2.05) is 6.08 Å². The normalized spacial score (nSPS) is 20.4. The molecule has 7 heavy (non-hydrogen) atoms. The standard InChI is InChI=1S/C5H8NO/c7-6-4-2-1-3-5-6/h2,4H,1,3,5H2/q-1. The van der Waals surface area contributed by atoms with Crippen LogP contribution in [-0.2, 0) is 0 Å². The van der Waals surface area contributed by atoms with Gasteiger partial charge in [0.2, 0.25) is 0 Å². The second-order valence-electron chi connectivity index (χ2n) is 1.67. The summed E-state index contributed by atoms with van der Waals surface area (Å²) in [5, 5.41) is 11.3. The molecule has 0 radical (unpaired) electrons. The first-order valence-corrected chi connectivity index (χ1v) is 2.50. The average molecular weight is 98.1 g/mol. The van der Waals surface area contributed by atoms with E-state index in [-0.39, 0.29) is 0 Å². The van der Waals surface area contributed by atoms with Gasteiger partial charge in [0.15, 0.2) is 0 Å². The molecule has 0 aromatic rings. The second-order valence-corrected chi connectivity index (χ2v) is 1.67. The molecule has 40 valence electrons. The van der Waals surface area contributed by atoms with Crippen LogP contribution in [0.15, 0.2) is 12.3 Å². The molecule has 0 unspecified atom stereocenters. The minimum atomic E-state index is 0.677. The van der Waals surface area contributed by atoms with E-state index in [0.29, 0.717) is 6.54 Å². The summed E-state index contributed by atoms with van der Waals surface area (Å²) in [5.41, 5.74) is 0. The number of hydrogen-bond donors (Lipinski definition) is 0. The quantitative estimate of drug-likeness (QED) is 0.453. The van der Waals surface area contributed by atoms with Crippen molar-refractivity contribution in [3.8, 4) is 0 Å². The Morgan fingerprint density at radius 3 is 2.71 bits per heavy atom. The molecule has 0 amide bonds. The lowest BCUT2D eigenvalue weighted by atomic mass is 10.2. The van der Waals surface area contributed by atoms with Gasteiger partial charge >= 0.3 is 0 Å². The van der Waals surface area contributed by atoms with Crippen molar-refractivity contribution >= 4 is 0 Å². The van der Waals surface area contributed by atoms with Crippen LogP contribution in [0.2, 0.25) is 0 Å².